The lowest BCUT2D eigenvalue weighted by atomic mass is 10.1. The van der Waals surface area contributed by atoms with Crippen molar-refractivity contribution in [3.05, 3.63) is 97.2 Å². The van der Waals surface area contributed by atoms with E-state index in [0.29, 0.717) is 19.3 Å². The van der Waals surface area contributed by atoms with Crippen molar-refractivity contribution in [3.63, 3.8) is 0 Å². The van der Waals surface area contributed by atoms with Crippen LogP contribution in [0.1, 0.15) is 252 Å². The number of ether oxygens (including phenoxy) is 3. The van der Waals surface area contributed by atoms with Gasteiger partial charge in [-0.15, -0.1) is 0 Å². The minimum Gasteiger partial charge on any atom is -0.462 e. The van der Waals surface area contributed by atoms with Gasteiger partial charge in [-0.1, -0.05) is 234 Å². The van der Waals surface area contributed by atoms with Crippen molar-refractivity contribution < 1.29 is 28.6 Å². The monoisotopic (exact) mass is 931 g/mol. The highest BCUT2D eigenvalue weighted by molar-refractivity contribution is 5.71. The van der Waals surface area contributed by atoms with E-state index in [2.05, 4.69) is 118 Å². The minimum absolute atomic E-state index is 0.0879. The highest BCUT2D eigenvalue weighted by Crippen LogP contribution is 2.15. The standard InChI is InChI=1S/C61H102O6/c1-4-7-10-13-16-19-21-23-25-27-28-29-30-31-32-34-35-37-39-42-45-48-51-54-60(63)66-57-58(56-65-59(62)53-50-47-44-41-18-15-12-9-6-3)67-61(64)55-52-49-46-43-40-38-36-33-26-24-22-20-17-14-11-8-5-2/h7-8,10-11,16-17,19-20,23-26,28-29,36,38,58H,4-6,9,12-15,18,21-22,27,30-35,37,39-57H2,1-3H3/b10-7-,11-8-,19-16-,20-17-,25-23-,26-24-,29-28-,38-36-. The molecular formula is C61H102O6. The predicted octanol–water partition coefficient (Wildman–Crippen LogP) is 18.5. The van der Waals surface area contributed by atoms with E-state index in [1.54, 1.807) is 0 Å². The van der Waals surface area contributed by atoms with Gasteiger partial charge in [0, 0.05) is 19.3 Å². The van der Waals surface area contributed by atoms with Crippen LogP contribution in [-0.2, 0) is 28.6 Å². The van der Waals surface area contributed by atoms with Crippen LogP contribution < -0.4 is 0 Å². The van der Waals surface area contributed by atoms with Crippen molar-refractivity contribution in [3.8, 4) is 0 Å². The zero-order valence-corrected chi connectivity index (χ0v) is 43.6. The molecule has 0 rings (SSSR count). The van der Waals surface area contributed by atoms with Crippen molar-refractivity contribution in [1.29, 1.82) is 0 Å². The van der Waals surface area contributed by atoms with Crippen molar-refractivity contribution in [2.24, 2.45) is 0 Å². The molecule has 1 atom stereocenters. The number of hydrogen-bond donors (Lipinski definition) is 0. The lowest BCUT2D eigenvalue weighted by molar-refractivity contribution is -0.167. The molecule has 0 amide bonds. The van der Waals surface area contributed by atoms with E-state index in [9.17, 15) is 14.4 Å². The maximum Gasteiger partial charge on any atom is 0.306 e. The Kier molecular flexibility index (Phi) is 51.9. The first-order chi connectivity index (χ1) is 33.0. The number of carbonyl (C=O) groups excluding carboxylic acids is 3. The Morgan fingerprint density at radius 2 is 0.582 bits per heavy atom. The Morgan fingerprint density at radius 3 is 0.910 bits per heavy atom. The number of allylic oxidation sites excluding steroid dienone is 16. The summed E-state index contributed by atoms with van der Waals surface area (Å²) in [4.78, 5) is 38.0. The van der Waals surface area contributed by atoms with Gasteiger partial charge in [0.2, 0.25) is 0 Å². The molecule has 0 aliphatic carbocycles. The summed E-state index contributed by atoms with van der Waals surface area (Å²) < 4.78 is 16.8. The summed E-state index contributed by atoms with van der Waals surface area (Å²) in [5, 5.41) is 0. The molecule has 0 saturated carbocycles. The molecule has 0 aromatic rings. The van der Waals surface area contributed by atoms with E-state index < -0.39 is 6.10 Å². The summed E-state index contributed by atoms with van der Waals surface area (Å²) in [5.74, 6) is -0.918. The second-order valence-electron chi connectivity index (χ2n) is 18.1. The molecule has 0 saturated heterocycles. The molecular weight excluding hydrogens is 829 g/mol. The Labute approximate surface area is 413 Å². The average Bonchev–Trinajstić information content (AvgIpc) is 3.33. The van der Waals surface area contributed by atoms with Gasteiger partial charge in [0.15, 0.2) is 6.10 Å². The van der Waals surface area contributed by atoms with Crippen molar-refractivity contribution in [2.75, 3.05) is 13.2 Å². The van der Waals surface area contributed by atoms with Crippen LogP contribution in [0.4, 0.5) is 0 Å². The van der Waals surface area contributed by atoms with Crippen LogP contribution in [0.2, 0.25) is 0 Å². The number of rotatable bonds is 49. The molecule has 1 unspecified atom stereocenters. The Bertz CT molecular complexity index is 1350. The van der Waals surface area contributed by atoms with E-state index in [4.69, 9.17) is 14.2 Å². The van der Waals surface area contributed by atoms with Crippen LogP contribution in [0.25, 0.3) is 0 Å². The van der Waals surface area contributed by atoms with Gasteiger partial charge in [0.05, 0.1) is 0 Å². The van der Waals surface area contributed by atoms with Gasteiger partial charge in [0.1, 0.15) is 13.2 Å². The fraction of sp³-hybridized carbons (Fsp3) is 0.689. The molecule has 382 valence electrons. The Hall–Kier alpha value is -3.67. The first-order valence-electron chi connectivity index (χ1n) is 27.7. The summed E-state index contributed by atoms with van der Waals surface area (Å²) in [6, 6.07) is 0. The van der Waals surface area contributed by atoms with Gasteiger partial charge in [-0.2, -0.15) is 0 Å². The van der Waals surface area contributed by atoms with E-state index >= 15 is 0 Å². The molecule has 67 heavy (non-hydrogen) atoms. The van der Waals surface area contributed by atoms with Gasteiger partial charge < -0.3 is 14.2 Å². The van der Waals surface area contributed by atoms with Crippen molar-refractivity contribution in [2.45, 2.75) is 258 Å². The van der Waals surface area contributed by atoms with Crippen molar-refractivity contribution >= 4 is 17.9 Å². The molecule has 0 aromatic carbocycles. The maximum absolute atomic E-state index is 12.8. The molecule has 0 radical (unpaired) electrons. The molecule has 0 aliphatic rings. The number of hydrogen-bond acceptors (Lipinski definition) is 6. The van der Waals surface area contributed by atoms with E-state index in [-0.39, 0.29) is 31.1 Å². The van der Waals surface area contributed by atoms with Gasteiger partial charge in [-0.3, -0.25) is 14.4 Å². The van der Waals surface area contributed by atoms with Gasteiger partial charge in [-0.05, 0) is 96.3 Å². The van der Waals surface area contributed by atoms with Crippen LogP contribution in [0, 0.1) is 0 Å². The van der Waals surface area contributed by atoms with Crippen LogP contribution in [0.5, 0.6) is 0 Å². The summed E-state index contributed by atoms with van der Waals surface area (Å²) in [6.45, 7) is 6.37. The predicted molar refractivity (Wildman–Crippen MR) is 288 cm³/mol. The average molecular weight is 931 g/mol. The summed E-state index contributed by atoms with van der Waals surface area (Å²) in [7, 11) is 0. The summed E-state index contributed by atoms with van der Waals surface area (Å²) in [5.41, 5.74) is 0. The SMILES string of the molecule is CC/C=C\C/C=C\C/C=C\C/C=C\CCCCCCCCCCCCC(=O)OCC(COC(=O)CCCCCCCCCCC)OC(=O)CCCCCC/C=C\C/C=C\C/C=C\C/C=C\CC. The third kappa shape index (κ3) is 53.2. The van der Waals surface area contributed by atoms with Crippen LogP contribution in [0.15, 0.2) is 97.2 Å². The van der Waals surface area contributed by atoms with E-state index in [0.717, 1.165) is 122 Å². The van der Waals surface area contributed by atoms with Crippen molar-refractivity contribution in [1.82, 2.24) is 0 Å². The second-order valence-corrected chi connectivity index (χ2v) is 18.1. The first kappa shape index (κ1) is 63.3. The molecule has 6 heteroatoms. The normalized spacial score (nSPS) is 12.8. The summed E-state index contributed by atoms with van der Waals surface area (Å²) in [6.07, 6.45) is 72.6. The molecule has 0 aromatic heterocycles. The second kappa shape index (κ2) is 54.9. The molecule has 0 heterocycles. The van der Waals surface area contributed by atoms with E-state index in [1.165, 1.54) is 89.9 Å². The Morgan fingerprint density at radius 1 is 0.313 bits per heavy atom. The smallest absolute Gasteiger partial charge is 0.306 e. The first-order valence-corrected chi connectivity index (χ1v) is 27.7. The van der Waals surface area contributed by atoms with Gasteiger partial charge in [0.25, 0.3) is 0 Å². The lowest BCUT2D eigenvalue weighted by Gasteiger charge is -2.18. The molecule has 0 aliphatic heterocycles. The fourth-order valence-corrected chi connectivity index (χ4v) is 7.48. The number of esters is 3. The molecule has 0 spiro atoms. The summed E-state index contributed by atoms with van der Waals surface area (Å²) >= 11 is 0. The quantitative estimate of drug-likeness (QED) is 0.0262. The Balaban J connectivity index is 4.31. The lowest BCUT2D eigenvalue weighted by Crippen LogP contribution is -2.30. The van der Waals surface area contributed by atoms with Crippen LogP contribution in [0.3, 0.4) is 0 Å². The molecule has 0 fully saturated rings. The largest absolute Gasteiger partial charge is 0.462 e. The number of carbonyl (C=O) groups is 3. The topological polar surface area (TPSA) is 78.9 Å². The van der Waals surface area contributed by atoms with Crippen LogP contribution >= 0.6 is 0 Å². The molecule has 0 N–H and O–H groups in total. The molecule has 0 bridgehead atoms. The number of unbranched alkanes of at least 4 members (excludes halogenated alkanes) is 22. The zero-order valence-electron chi connectivity index (χ0n) is 43.6. The third-order valence-electron chi connectivity index (χ3n) is 11.6. The molecule has 6 nitrogen and oxygen atoms in total. The van der Waals surface area contributed by atoms with Gasteiger partial charge >= 0.3 is 17.9 Å². The van der Waals surface area contributed by atoms with E-state index in [1.807, 2.05) is 0 Å². The zero-order chi connectivity index (χ0) is 48.6. The third-order valence-corrected chi connectivity index (χ3v) is 11.6. The minimum atomic E-state index is -0.790. The maximum atomic E-state index is 12.8. The fourth-order valence-electron chi connectivity index (χ4n) is 7.48. The highest BCUT2D eigenvalue weighted by atomic mass is 16.6. The highest BCUT2D eigenvalue weighted by Gasteiger charge is 2.19. The van der Waals surface area contributed by atoms with Crippen LogP contribution in [-0.4, -0.2) is 37.2 Å². The van der Waals surface area contributed by atoms with Gasteiger partial charge in [-0.25, -0.2) is 0 Å².